The Balaban J connectivity index is 1.93. The van der Waals surface area contributed by atoms with Crippen LogP contribution in [0.2, 0.25) is 0 Å². The molecule has 1 aromatic carbocycles. The molecule has 3 rings (SSSR count). The summed E-state index contributed by atoms with van der Waals surface area (Å²) in [5.41, 5.74) is 0.378. The topological polar surface area (TPSA) is 33.7 Å². The molecule has 7 heteroatoms. The highest BCUT2D eigenvalue weighted by molar-refractivity contribution is 6.64. The monoisotopic (exact) mass is 324 g/mol. The number of nitrogens with zero attached hydrogens (tertiary/aromatic N) is 1. The number of piperazine rings is 1. The highest BCUT2D eigenvalue weighted by atomic mass is 19.2. The molecule has 2 aliphatic heterocycles. The maximum atomic E-state index is 14.3. The van der Waals surface area contributed by atoms with Crippen molar-refractivity contribution in [2.75, 3.05) is 18.0 Å². The Morgan fingerprint density at radius 1 is 1.13 bits per heavy atom. The third-order valence-electron chi connectivity index (χ3n) is 4.98. The van der Waals surface area contributed by atoms with E-state index in [-0.39, 0.29) is 0 Å². The van der Waals surface area contributed by atoms with Gasteiger partial charge >= 0.3 is 7.12 Å². The number of hydrogen-bond donors (Lipinski definition) is 1. The summed E-state index contributed by atoms with van der Waals surface area (Å²) in [4.78, 5) is 1.43. The zero-order valence-electron chi connectivity index (χ0n) is 14.0. The summed E-state index contributed by atoms with van der Waals surface area (Å²) in [6.45, 7) is 8.65. The summed E-state index contributed by atoms with van der Waals surface area (Å²) in [7, 11) is -0.601. The summed E-state index contributed by atoms with van der Waals surface area (Å²) in [5, 5.41) is 2.50. The van der Waals surface area contributed by atoms with Gasteiger partial charge in [0.05, 0.1) is 11.2 Å². The largest absolute Gasteiger partial charge is 0.496 e. The molecule has 2 heterocycles. The van der Waals surface area contributed by atoms with Crippen molar-refractivity contribution in [2.24, 2.45) is 0 Å². The molecule has 0 saturated carbocycles. The predicted octanol–water partition coefficient (Wildman–Crippen LogP) is 1.99. The number of benzene rings is 1. The van der Waals surface area contributed by atoms with E-state index in [1.165, 1.54) is 4.90 Å². The molecule has 2 aliphatic rings. The van der Waals surface area contributed by atoms with E-state index >= 15 is 0 Å². The molecular weight excluding hydrogens is 301 g/mol. The molecule has 126 valence electrons. The summed E-state index contributed by atoms with van der Waals surface area (Å²) in [6.07, 6.45) is -3.43. The Morgan fingerprint density at radius 2 is 1.74 bits per heavy atom. The van der Waals surface area contributed by atoms with E-state index in [4.69, 9.17) is 9.31 Å². The molecule has 23 heavy (non-hydrogen) atoms. The predicted molar refractivity (Wildman–Crippen MR) is 87.3 cm³/mol. The van der Waals surface area contributed by atoms with Gasteiger partial charge in [-0.25, -0.2) is 8.78 Å². The fourth-order valence-corrected chi connectivity index (χ4v) is 2.87. The first-order valence-corrected chi connectivity index (χ1v) is 7.96. The lowest BCUT2D eigenvalue weighted by Gasteiger charge is -2.36. The van der Waals surface area contributed by atoms with Crippen molar-refractivity contribution in [3.8, 4) is 0 Å². The minimum absolute atomic E-state index is 0.387. The zero-order chi connectivity index (χ0) is 16.8. The Bertz CT molecular complexity index is 569. The van der Waals surface area contributed by atoms with Gasteiger partial charge in [-0.2, -0.15) is 0 Å². The van der Waals surface area contributed by atoms with Gasteiger partial charge in [-0.15, -0.1) is 0 Å². The summed E-state index contributed by atoms with van der Waals surface area (Å²) in [6, 6.07) is 7.29. The molecule has 1 aromatic rings. The van der Waals surface area contributed by atoms with Gasteiger partial charge in [0.2, 0.25) is 12.6 Å². The van der Waals surface area contributed by atoms with E-state index in [2.05, 4.69) is 5.32 Å². The lowest BCUT2D eigenvalue weighted by atomic mass is 9.77. The van der Waals surface area contributed by atoms with Crippen molar-refractivity contribution in [1.29, 1.82) is 0 Å². The molecule has 1 N–H and O–H groups in total. The van der Waals surface area contributed by atoms with Crippen LogP contribution >= 0.6 is 0 Å². The van der Waals surface area contributed by atoms with Crippen LogP contribution in [-0.4, -0.2) is 44.0 Å². The Labute approximate surface area is 136 Å². The Kier molecular flexibility index (Phi) is 4.15. The van der Waals surface area contributed by atoms with Crippen LogP contribution in [0.3, 0.4) is 0 Å². The van der Waals surface area contributed by atoms with Gasteiger partial charge in [0.25, 0.3) is 0 Å². The standard InChI is InChI=1S/C16H23BF2N2O2/c1-15(2)16(3,4)23-17(22-15)11-7-5-6-8-12(11)21-10-9-20-13(18)14(21)19/h5-8,13-14,20H,9-10H2,1-4H3. The highest BCUT2D eigenvalue weighted by Gasteiger charge is 2.52. The van der Waals surface area contributed by atoms with Crippen LogP contribution in [0.4, 0.5) is 14.5 Å². The second kappa shape index (κ2) is 5.72. The average molecular weight is 324 g/mol. The lowest BCUT2D eigenvalue weighted by Crippen LogP contribution is -2.56. The third-order valence-corrected chi connectivity index (χ3v) is 4.98. The van der Waals surface area contributed by atoms with E-state index in [1.807, 2.05) is 45.9 Å². The van der Waals surface area contributed by atoms with Gasteiger partial charge in [0, 0.05) is 24.2 Å². The first-order chi connectivity index (χ1) is 10.7. The number of rotatable bonds is 2. The number of anilines is 1. The molecule has 0 aromatic heterocycles. The molecule has 2 fully saturated rings. The van der Waals surface area contributed by atoms with Crippen LogP contribution < -0.4 is 15.7 Å². The number of alkyl halides is 2. The van der Waals surface area contributed by atoms with Crippen molar-refractivity contribution < 1.29 is 18.1 Å². The quantitative estimate of drug-likeness (QED) is 0.666. The second-order valence-electron chi connectivity index (χ2n) is 7.07. The van der Waals surface area contributed by atoms with Crippen LogP contribution in [0.1, 0.15) is 27.7 Å². The molecule has 4 nitrogen and oxygen atoms in total. The van der Waals surface area contributed by atoms with Crippen molar-refractivity contribution in [1.82, 2.24) is 5.32 Å². The molecule has 0 aliphatic carbocycles. The number of para-hydroxylation sites is 1. The Hall–Kier alpha value is -1.18. The smallest absolute Gasteiger partial charge is 0.399 e. The van der Waals surface area contributed by atoms with Gasteiger partial charge in [-0.1, -0.05) is 18.2 Å². The highest BCUT2D eigenvalue weighted by Crippen LogP contribution is 2.37. The van der Waals surface area contributed by atoms with E-state index < -0.39 is 30.9 Å². The van der Waals surface area contributed by atoms with Gasteiger partial charge in [0.15, 0.2) is 0 Å². The second-order valence-corrected chi connectivity index (χ2v) is 7.07. The zero-order valence-corrected chi connectivity index (χ0v) is 14.0. The molecule has 0 spiro atoms. The SMILES string of the molecule is CC1(C)OB(c2ccccc2N2CCNC(F)C2F)OC1(C)C. The summed E-state index contributed by atoms with van der Waals surface area (Å²) < 4.78 is 40.1. The first kappa shape index (κ1) is 16.7. The van der Waals surface area contributed by atoms with Gasteiger partial charge in [-0.3, -0.25) is 5.32 Å². The maximum absolute atomic E-state index is 14.3. The molecule has 2 saturated heterocycles. The first-order valence-electron chi connectivity index (χ1n) is 7.96. The van der Waals surface area contributed by atoms with Crippen LogP contribution in [0.5, 0.6) is 0 Å². The molecule has 2 unspecified atom stereocenters. The number of halogens is 2. The van der Waals surface area contributed by atoms with E-state index in [1.54, 1.807) is 6.07 Å². The number of nitrogens with one attached hydrogen (secondary N) is 1. The molecule has 2 atom stereocenters. The van der Waals surface area contributed by atoms with Crippen LogP contribution in [0.15, 0.2) is 24.3 Å². The molecular formula is C16H23BF2N2O2. The van der Waals surface area contributed by atoms with E-state index in [0.717, 1.165) is 5.46 Å². The third kappa shape index (κ3) is 2.86. The summed E-state index contributed by atoms with van der Waals surface area (Å²) >= 11 is 0. The number of hydrogen-bond acceptors (Lipinski definition) is 4. The van der Waals surface area contributed by atoms with Gasteiger partial charge < -0.3 is 14.2 Å². The lowest BCUT2D eigenvalue weighted by molar-refractivity contribution is 0.00578. The van der Waals surface area contributed by atoms with Crippen molar-refractivity contribution in [3.05, 3.63) is 24.3 Å². The van der Waals surface area contributed by atoms with Crippen LogP contribution in [0.25, 0.3) is 0 Å². The van der Waals surface area contributed by atoms with Crippen molar-refractivity contribution in [3.63, 3.8) is 0 Å². The fourth-order valence-electron chi connectivity index (χ4n) is 2.87. The van der Waals surface area contributed by atoms with Crippen LogP contribution in [-0.2, 0) is 9.31 Å². The molecule has 0 amide bonds. The minimum Gasteiger partial charge on any atom is -0.399 e. The van der Waals surface area contributed by atoms with Crippen LogP contribution in [0, 0.1) is 0 Å². The molecule has 0 bridgehead atoms. The fraction of sp³-hybridized carbons (Fsp3) is 0.625. The van der Waals surface area contributed by atoms with Crippen molar-refractivity contribution >= 4 is 18.3 Å². The maximum Gasteiger partial charge on any atom is 0.496 e. The van der Waals surface area contributed by atoms with E-state index in [0.29, 0.717) is 18.8 Å². The average Bonchev–Trinajstić information content (AvgIpc) is 2.70. The van der Waals surface area contributed by atoms with Gasteiger partial charge in [-0.05, 0) is 33.8 Å². The summed E-state index contributed by atoms with van der Waals surface area (Å²) in [5.74, 6) is 0. The normalized spacial score (nSPS) is 29.8. The Morgan fingerprint density at radius 3 is 2.39 bits per heavy atom. The van der Waals surface area contributed by atoms with Crippen molar-refractivity contribution in [2.45, 2.75) is 51.5 Å². The van der Waals surface area contributed by atoms with E-state index in [9.17, 15) is 8.78 Å². The molecule has 0 radical (unpaired) electrons. The van der Waals surface area contributed by atoms with Gasteiger partial charge in [0.1, 0.15) is 0 Å². The minimum atomic E-state index is -1.73.